The molecule has 2 aromatic carbocycles. The maximum atomic E-state index is 12.3. The highest BCUT2D eigenvalue weighted by Gasteiger charge is 2.28. The molecule has 3 rings (SSSR count). The molecule has 0 spiro atoms. The largest absolute Gasteiger partial charge is 0.384 e. The number of carbonyl (C=O) groups is 2. The van der Waals surface area contributed by atoms with Gasteiger partial charge in [0, 0.05) is 12.1 Å². The molecule has 1 heterocycles. The fraction of sp³-hybridized carbons (Fsp3) is 0.250. The van der Waals surface area contributed by atoms with Crippen molar-refractivity contribution in [3.8, 4) is 0 Å². The van der Waals surface area contributed by atoms with Crippen LogP contribution in [0.25, 0.3) is 0 Å². The number of benzene rings is 2. The van der Waals surface area contributed by atoms with Crippen LogP contribution in [0.5, 0.6) is 0 Å². The Balaban J connectivity index is 1.95. The lowest BCUT2D eigenvalue weighted by Crippen LogP contribution is -2.28. The normalized spacial score (nSPS) is 15.5. The minimum atomic E-state index is -0.00853. The van der Waals surface area contributed by atoms with Crippen molar-refractivity contribution >= 4 is 40.0 Å². The standard InChI is InChI=1S/C20H21N3O2S/c1-3-21-17-10-9-16(14(2)24)11-18(17)22-20-23(19(25)13-26-20)12-15-7-5-4-6-8-15/h4-11,21H,3,12-13H2,1-2H3. The highest BCUT2D eigenvalue weighted by atomic mass is 32.2. The van der Waals surface area contributed by atoms with Crippen LogP contribution in [0.3, 0.4) is 0 Å². The van der Waals surface area contributed by atoms with Crippen molar-refractivity contribution in [3.63, 3.8) is 0 Å². The number of thioether (sulfide) groups is 1. The van der Waals surface area contributed by atoms with E-state index in [4.69, 9.17) is 4.99 Å². The van der Waals surface area contributed by atoms with Gasteiger partial charge in [-0.15, -0.1) is 0 Å². The first-order valence-corrected chi connectivity index (χ1v) is 9.51. The average molecular weight is 367 g/mol. The van der Waals surface area contributed by atoms with Crippen LogP contribution in [-0.2, 0) is 11.3 Å². The summed E-state index contributed by atoms with van der Waals surface area (Å²) in [4.78, 5) is 30.5. The molecular weight excluding hydrogens is 346 g/mol. The lowest BCUT2D eigenvalue weighted by molar-refractivity contribution is -0.124. The fourth-order valence-electron chi connectivity index (χ4n) is 2.69. The number of Topliss-reactive ketones (excluding diaryl/α,β-unsaturated/α-hetero) is 1. The van der Waals surface area contributed by atoms with E-state index in [-0.39, 0.29) is 11.7 Å². The molecule has 0 aromatic heterocycles. The van der Waals surface area contributed by atoms with Crippen molar-refractivity contribution in [2.24, 2.45) is 4.99 Å². The Morgan fingerprint density at radius 2 is 2.00 bits per heavy atom. The van der Waals surface area contributed by atoms with Crippen LogP contribution in [0, 0.1) is 0 Å². The van der Waals surface area contributed by atoms with E-state index in [2.05, 4.69) is 5.32 Å². The van der Waals surface area contributed by atoms with E-state index in [1.807, 2.05) is 43.3 Å². The fourth-order valence-corrected chi connectivity index (χ4v) is 3.58. The van der Waals surface area contributed by atoms with Gasteiger partial charge in [0.05, 0.1) is 23.7 Å². The summed E-state index contributed by atoms with van der Waals surface area (Å²) in [5, 5.41) is 3.93. The Kier molecular flexibility index (Phi) is 5.73. The van der Waals surface area contributed by atoms with E-state index in [0.717, 1.165) is 17.8 Å². The number of nitrogens with zero attached hydrogens (tertiary/aromatic N) is 2. The summed E-state index contributed by atoms with van der Waals surface area (Å²) in [7, 11) is 0. The van der Waals surface area contributed by atoms with Crippen LogP contribution < -0.4 is 5.32 Å². The smallest absolute Gasteiger partial charge is 0.239 e. The van der Waals surface area contributed by atoms with E-state index in [0.29, 0.717) is 28.7 Å². The number of amides is 1. The molecule has 0 unspecified atom stereocenters. The quantitative estimate of drug-likeness (QED) is 0.782. The molecule has 0 aliphatic carbocycles. The third kappa shape index (κ3) is 4.14. The summed E-state index contributed by atoms with van der Waals surface area (Å²) >= 11 is 1.43. The average Bonchev–Trinajstić information content (AvgIpc) is 2.97. The van der Waals surface area contributed by atoms with E-state index >= 15 is 0 Å². The number of anilines is 1. The number of amidine groups is 1. The van der Waals surface area contributed by atoms with Gasteiger partial charge in [-0.05, 0) is 37.6 Å². The van der Waals surface area contributed by atoms with E-state index < -0.39 is 0 Å². The number of hydrogen-bond acceptors (Lipinski definition) is 5. The minimum absolute atomic E-state index is 0.00853. The molecular formula is C20H21N3O2S. The Labute approximate surface area is 157 Å². The van der Waals surface area contributed by atoms with Crippen LogP contribution in [0.4, 0.5) is 11.4 Å². The molecule has 0 bridgehead atoms. The SMILES string of the molecule is CCNc1ccc(C(C)=O)cc1N=C1SCC(=O)N1Cc1ccccc1. The molecule has 0 saturated carbocycles. The Hall–Kier alpha value is -2.60. The third-order valence-electron chi connectivity index (χ3n) is 4.03. The molecule has 134 valence electrons. The zero-order valence-electron chi connectivity index (χ0n) is 14.9. The second kappa shape index (κ2) is 8.19. The van der Waals surface area contributed by atoms with Crippen LogP contribution in [0.1, 0.15) is 29.8 Å². The van der Waals surface area contributed by atoms with Gasteiger partial charge in [0.15, 0.2) is 11.0 Å². The molecule has 1 aliphatic rings. The Morgan fingerprint density at radius 1 is 1.23 bits per heavy atom. The van der Waals surface area contributed by atoms with Gasteiger partial charge in [0.2, 0.25) is 5.91 Å². The molecule has 2 aromatic rings. The van der Waals surface area contributed by atoms with Crippen molar-refractivity contribution in [1.82, 2.24) is 4.90 Å². The Morgan fingerprint density at radius 3 is 2.69 bits per heavy atom. The van der Waals surface area contributed by atoms with Crippen molar-refractivity contribution in [2.75, 3.05) is 17.6 Å². The summed E-state index contributed by atoms with van der Waals surface area (Å²) in [6.07, 6.45) is 0. The number of nitrogens with one attached hydrogen (secondary N) is 1. The molecule has 1 saturated heterocycles. The first-order chi connectivity index (χ1) is 12.6. The number of hydrogen-bond donors (Lipinski definition) is 1. The summed E-state index contributed by atoms with van der Waals surface area (Å²) < 4.78 is 0. The van der Waals surface area contributed by atoms with Gasteiger partial charge in [-0.25, -0.2) is 4.99 Å². The second-order valence-electron chi connectivity index (χ2n) is 5.97. The summed E-state index contributed by atoms with van der Waals surface area (Å²) in [5.74, 6) is 0.422. The highest BCUT2D eigenvalue weighted by molar-refractivity contribution is 8.15. The second-order valence-corrected chi connectivity index (χ2v) is 6.91. The molecule has 0 atom stereocenters. The number of rotatable bonds is 6. The van der Waals surface area contributed by atoms with E-state index in [9.17, 15) is 9.59 Å². The van der Waals surface area contributed by atoms with E-state index in [1.54, 1.807) is 17.0 Å². The highest BCUT2D eigenvalue weighted by Crippen LogP contribution is 2.31. The minimum Gasteiger partial charge on any atom is -0.384 e. The number of ketones is 1. The summed E-state index contributed by atoms with van der Waals surface area (Å²) in [6, 6.07) is 15.3. The topological polar surface area (TPSA) is 61.8 Å². The van der Waals surface area contributed by atoms with Gasteiger partial charge in [-0.2, -0.15) is 0 Å². The van der Waals surface area contributed by atoms with Gasteiger partial charge in [-0.1, -0.05) is 42.1 Å². The van der Waals surface area contributed by atoms with Crippen molar-refractivity contribution in [2.45, 2.75) is 20.4 Å². The molecule has 1 amide bonds. The monoisotopic (exact) mass is 367 g/mol. The Bertz CT molecular complexity index is 849. The number of aliphatic imine (C=N–C) groups is 1. The zero-order chi connectivity index (χ0) is 18.5. The van der Waals surface area contributed by atoms with Gasteiger partial charge in [0.25, 0.3) is 0 Å². The van der Waals surface area contributed by atoms with Gasteiger partial charge >= 0.3 is 0 Å². The molecule has 26 heavy (non-hydrogen) atoms. The van der Waals surface area contributed by atoms with Crippen LogP contribution in [0.15, 0.2) is 53.5 Å². The predicted octanol–water partition coefficient (Wildman–Crippen LogP) is 4.08. The lowest BCUT2D eigenvalue weighted by atomic mass is 10.1. The van der Waals surface area contributed by atoms with Gasteiger partial charge in [-0.3, -0.25) is 14.5 Å². The van der Waals surface area contributed by atoms with Gasteiger partial charge in [0.1, 0.15) is 0 Å². The van der Waals surface area contributed by atoms with E-state index in [1.165, 1.54) is 18.7 Å². The molecule has 6 heteroatoms. The van der Waals surface area contributed by atoms with Crippen LogP contribution >= 0.6 is 11.8 Å². The predicted molar refractivity (Wildman–Crippen MR) is 107 cm³/mol. The molecule has 1 fully saturated rings. The first kappa shape index (κ1) is 18.2. The van der Waals surface area contributed by atoms with Crippen molar-refractivity contribution in [1.29, 1.82) is 0 Å². The lowest BCUT2D eigenvalue weighted by Gasteiger charge is -2.17. The molecule has 5 nitrogen and oxygen atoms in total. The molecule has 1 N–H and O–H groups in total. The number of carbonyl (C=O) groups excluding carboxylic acids is 2. The third-order valence-corrected chi connectivity index (χ3v) is 4.99. The maximum Gasteiger partial charge on any atom is 0.239 e. The zero-order valence-corrected chi connectivity index (χ0v) is 15.7. The van der Waals surface area contributed by atoms with Crippen molar-refractivity contribution < 1.29 is 9.59 Å². The van der Waals surface area contributed by atoms with Crippen molar-refractivity contribution in [3.05, 3.63) is 59.7 Å². The summed E-state index contributed by atoms with van der Waals surface area (Å²) in [6.45, 7) is 4.78. The summed E-state index contributed by atoms with van der Waals surface area (Å²) in [5.41, 5.74) is 3.19. The maximum absolute atomic E-state index is 12.3. The first-order valence-electron chi connectivity index (χ1n) is 8.53. The molecule has 0 radical (unpaired) electrons. The van der Waals surface area contributed by atoms with Crippen LogP contribution in [0.2, 0.25) is 0 Å². The molecule has 1 aliphatic heterocycles. The van der Waals surface area contributed by atoms with Crippen LogP contribution in [-0.4, -0.2) is 34.1 Å². The van der Waals surface area contributed by atoms with Gasteiger partial charge < -0.3 is 5.32 Å².